The van der Waals surface area contributed by atoms with Crippen molar-refractivity contribution in [3.63, 3.8) is 0 Å². The van der Waals surface area contributed by atoms with Crippen molar-refractivity contribution in [3.8, 4) is 11.4 Å². The highest BCUT2D eigenvalue weighted by molar-refractivity contribution is 7.19. The number of fused-ring (bicyclic) bond motifs is 1. The van der Waals surface area contributed by atoms with E-state index in [-0.39, 0.29) is 12.5 Å². The van der Waals surface area contributed by atoms with Crippen molar-refractivity contribution < 1.29 is 18.0 Å². The Morgan fingerprint density at radius 2 is 1.95 bits per heavy atom. The lowest BCUT2D eigenvalue weighted by atomic mass is 10.2. The summed E-state index contributed by atoms with van der Waals surface area (Å²) in [4.78, 5) is 22.1. The summed E-state index contributed by atoms with van der Waals surface area (Å²) < 4.78 is 39.2. The van der Waals surface area contributed by atoms with Crippen LogP contribution in [0.2, 0.25) is 0 Å². The second kappa shape index (κ2) is 10.2. The Morgan fingerprint density at radius 1 is 1.11 bits per heavy atom. The molecule has 0 bridgehead atoms. The number of halogens is 3. The molecule has 37 heavy (non-hydrogen) atoms. The lowest BCUT2D eigenvalue weighted by Gasteiger charge is -2.09. The molecule has 4 aromatic heterocycles. The van der Waals surface area contributed by atoms with Crippen molar-refractivity contribution in [3.05, 3.63) is 76.7 Å². The first-order valence-corrected chi connectivity index (χ1v) is 12.7. The standard InChI is InChI=1S/C24H20F3N7OS2/c25-24(26,27)13-29-10-14-4-3-9-34-18(11-30-21(14)34)17-12-36-23(32-17)33-20-8-7-19(37-20)22(35)31-16-6-2-1-5-15(16)28/h1-9,11-12,29H,10,13,28H2,(H,31,35)(H,32,33). The van der Waals surface area contributed by atoms with Gasteiger partial charge in [-0.2, -0.15) is 13.2 Å². The predicted molar refractivity (Wildman–Crippen MR) is 140 cm³/mol. The third-order valence-corrected chi connectivity index (χ3v) is 7.05. The SMILES string of the molecule is Nc1ccccc1NC(=O)c1ccc(Nc2nc(-c3cnc4c(CNCC(F)(F)F)cccn34)cs2)s1. The first kappa shape index (κ1) is 24.7. The zero-order valence-corrected chi connectivity index (χ0v) is 20.7. The van der Waals surface area contributed by atoms with Crippen molar-refractivity contribution in [2.45, 2.75) is 12.7 Å². The van der Waals surface area contributed by atoms with Gasteiger partial charge < -0.3 is 21.7 Å². The smallest absolute Gasteiger partial charge is 0.397 e. The van der Waals surface area contributed by atoms with Crippen LogP contribution in [0.15, 0.2) is 66.3 Å². The van der Waals surface area contributed by atoms with Crippen molar-refractivity contribution >= 4 is 55.7 Å². The molecule has 0 spiro atoms. The minimum Gasteiger partial charge on any atom is -0.397 e. The summed E-state index contributed by atoms with van der Waals surface area (Å²) in [5.41, 5.74) is 9.51. The zero-order valence-electron chi connectivity index (χ0n) is 19.0. The molecule has 1 amide bonds. The summed E-state index contributed by atoms with van der Waals surface area (Å²) in [6, 6.07) is 14.0. The van der Waals surface area contributed by atoms with Crippen LogP contribution in [-0.4, -0.2) is 33.0 Å². The normalized spacial score (nSPS) is 11.6. The highest BCUT2D eigenvalue weighted by Crippen LogP contribution is 2.31. The number of amides is 1. The Morgan fingerprint density at radius 3 is 2.76 bits per heavy atom. The number of hydrogen-bond acceptors (Lipinski definition) is 8. The average molecular weight is 544 g/mol. The lowest BCUT2D eigenvalue weighted by Crippen LogP contribution is -2.28. The molecule has 0 unspecified atom stereocenters. The number of rotatable bonds is 8. The maximum absolute atomic E-state index is 12.6. The molecule has 4 heterocycles. The second-order valence-corrected chi connectivity index (χ2v) is 9.90. The van der Waals surface area contributed by atoms with Gasteiger partial charge in [0, 0.05) is 23.7 Å². The van der Waals surface area contributed by atoms with Gasteiger partial charge in [0.05, 0.1) is 39.7 Å². The van der Waals surface area contributed by atoms with Gasteiger partial charge in [-0.15, -0.1) is 22.7 Å². The number of nitrogens with one attached hydrogen (secondary N) is 3. The molecule has 0 saturated carbocycles. The van der Waals surface area contributed by atoms with Crippen LogP contribution in [-0.2, 0) is 6.54 Å². The monoisotopic (exact) mass is 543 g/mol. The number of nitrogens with two attached hydrogens (primary N) is 1. The molecule has 0 saturated heterocycles. The molecule has 0 aliphatic carbocycles. The molecule has 0 aliphatic heterocycles. The Kier molecular flexibility index (Phi) is 6.82. The van der Waals surface area contributed by atoms with Crippen molar-refractivity contribution in [2.24, 2.45) is 0 Å². The molecule has 0 atom stereocenters. The highest BCUT2D eigenvalue weighted by atomic mass is 32.1. The van der Waals surface area contributed by atoms with Gasteiger partial charge >= 0.3 is 6.18 Å². The second-order valence-electron chi connectivity index (χ2n) is 7.96. The van der Waals surface area contributed by atoms with E-state index < -0.39 is 12.7 Å². The molecule has 5 aromatic rings. The molecule has 13 heteroatoms. The number of aromatic nitrogens is 3. The fourth-order valence-corrected chi connectivity index (χ4v) is 5.19. The van der Waals surface area contributed by atoms with E-state index in [4.69, 9.17) is 5.73 Å². The van der Waals surface area contributed by atoms with Gasteiger partial charge in [0.25, 0.3) is 5.91 Å². The number of hydrogen-bond donors (Lipinski definition) is 4. The topological polar surface area (TPSA) is 109 Å². The highest BCUT2D eigenvalue weighted by Gasteiger charge is 2.26. The Hall–Kier alpha value is -3.94. The molecule has 0 fully saturated rings. The summed E-state index contributed by atoms with van der Waals surface area (Å²) in [6.07, 6.45) is -0.843. The Balaban J connectivity index is 1.28. The maximum Gasteiger partial charge on any atom is 0.401 e. The Labute approximate surface area is 217 Å². The van der Waals surface area contributed by atoms with E-state index in [1.807, 2.05) is 5.38 Å². The lowest BCUT2D eigenvalue weighted by molar-refractivity contribution is -0.125. The number of nitrogen functional groups attached to an aromatic ring is 1. The zero-order chi connectivity index (χ0) is 26.0. The first-order valence-electron chi connectivity index (χ1n) is 11.0. The maximum atomic E-state index is 12.6. The molecule has 5 rings (SSSR count). The van der Waals surface area contributed by atoms with Gasteiger partial charge in [0.2, 0.25) is 0 Å². The predicted octanol–water partition coefficient (Wildman–Crippen LogP) is 5.75. The number of carbonyl (C=O) groups excluding carboxylic acids is 1. The number of benzene rings is 1. The van der Waals surface area contributed by atoms with Gasteiger partial charge in [-0.05, 0) is 30.3 Å². The number of nitrogens with zero attached hydrogens (tertiary/aromatic N) is 3. The molecule has 0 aliphatic rings. The molecule has 190 valence electrons. The van der Waals surface area contributed by atoms with E-state index in [1.54, 1.807) is 65.3 Å². The fourth-order valence-electron chi connectivity index (χ4n) is 3.61. The molecule has 8 nitrogen and oxygen atoms in total. The minimum atomic E-state index is -4.28. The van der Waals surface area contributed by atoms with E-state index in [0.717, 1.165) is 5.00 Å². The summed E-state index contributed by atoms with van der Waals surface area (Å²) in [5.74, 6) is -0.262. The number of carbonyl (C=O) groups is 1. The largest absolute Gasteiger partial charge is 0.401 e. The number of para-hydroxylation sites is 2. The van der Waals surface area contributed by atoms with Crippen LogP contribution in [0.3, 0.4) is 0 Å². The summed E-state index contributed by atoms with van der Waals surface area (Å²) in [6.45, 7) is -1.04. The quantitative estimate of drug-likeness (QED) is 0.186. The summed E-state index contributed by atoms with van der Waals surface area (Å²) in [7, 11) is 0. The molecule has 1 aromatic carbocycles. The molecule has 5 N–H and O–H groups in total. The fraction of sp³-hybridized carbons (Fsp3) is 0.125. The number of thiophene rings is 1. The molecule has 0 radical (unpaired) electrons. The number of imidazole rings is 1. The van der Waals surface area contributed by atoms with E-state index >= 15 is 0 Å². The molecular weight excluding hydrogens is 523 g/mol. The van der Waals surface area contributed by atoms with Crippen LogP contribution in [0, 0.1) is 0 Å². The van der Waals surface area contributed by atoms with Gasteiger partial charge in [-0.1, -0.05) is 18.2 Å². The minimum absolute atomic E-state index is 0.0370. The first-order chi connectivity index (χ1) is 17.8. The van der Waals surface area contributed by atoms with Gasteiger partial charge in [-0.25, -0.2) is 9.97 Å². The van der Waals surface area contributed by atoms with E-state index in [9.17, 15) is 18.0 Å². The van der Waals surface area contributed by atoms with Crippen molar-refractivity contribution in [1.82, 2.24) is 19.7 Å². The van der Waals surface area contributed by atoms with Crippen LogP contribution in [0.1, 0.15) is 15.2 Å². The van der Waals surface area contributed by atoms with Crippen LogP contribution in [0.25, 0.3) is 17.0 Å². The summed E-state index contributed by atoms with van der Waals surface area (Å²) >= 11 is 2.66. The van der Waals surface area contributed by atoms with E-state index in [1.165, 1.54) is 22.7 Å². The van der Waals surface area contributed by atoms with Gasteiger partial charge in [0.1, 0.15) is 11.3 Å². The average Bonchev–Trinajstić information content (AvgIpc) is 3.60. The van der Waals surface area contributed by atoms with Crippen LogP contribution < -0.4 is 21.7 Å². The summed E-state index contributed by atoms with van der Waals surface area (Å²) in [5, 5.41) is 11.6. The Bertz CT molecular complexity index is 1560. The number of thiazole rings is 1. The van der Waals surface area contributed by atoms with E-state index in [2.05, 4.69) is 25.9 Å². The third-order valence-electron chi connectivity index (χ3n) is 5.29. The van der Waals surface area contributed by atoms with Crippen LogP contribution in [0.5, 0.6) is 0 Å². The number of anilines is 4. The molecular formula is C24H20F3N7OS2. The third kappa shape index (κ3) is 5.74. The van der Waals surface area contributed by atoms with Crippen LogP contribution >= 0.6 is 22.7 Å². The van der Waals surface area contributed by atoms with Gasteiger partial charge in [0.15, 0.2) is 5.13 Å². The van der Waals surface area contributed by atoms with E-state index in [0.29, 0.717) is 44.0 Å². The van der Waals surface area contributed by atoms with Crippen molar-refractivity contribution in [1.29, 1.82) is 0 Å². The van der Waals surface area contributed by atoms with Crippen LogP contribution in [0.4, 0.5) is 34.7 Å². The van der Waals surface area contributed by atoms with Gasteiger partial charge in [-0.3, -0.25) is 9.20 Å². The number of pyridine rings is 1. The van der Waals surface area contributed by atoms with Crippen molar-refractivity contribution in [2.75, 3.05) is 22.9 Å². The number of alkyl halides is 3.